The fraction of sp³-hybridized carbons (Fsp3) is 0.300. The van der Waals surface area contributed by atoms with Gasteiger partial charge in [-0.1, -0.05) is 0 Å². The van der Waals surface area contributed by atoms with Crippen LogP contribution in [0.25, 0.3) is 0 Å². The van der Waals surface area contributed by atoms with Crippen molar-refractivity contribution in [3.8, 4) is 0 Å². The molecule has 2 heterocycles. The number of rotatable bonds is 9. The SMILES string of the molecule is CN(CC1N=c2c(N)nc(N)nc2=NC1=O)c1ccc(C(=O)N[C@@H](CCC(=O)O)C(=O)O)cc1.[Na+].[Na+].[Na+]. The number of amides is 2. The Kier molecular flexibility index (Phi) is 15.0. The van der Waals surface area contributed by atoms with Gasteiger partial charge in [0.25, 0.3) is 11.8 Å². The van der Waals surface area contributed by atoms with Crippen LogP contribution in [0.2, 0.25) is 0 Å². The standard InChI is InChI=1S/C20H22N8O6.3Na/c1-28(8-12-18(32)26-16-14(23-12)15(21)25-20(22)27-16)10-4-2-9(3-5-10)17(31)24-11(19(33)34)6-7-13(29)30;;;/h2-5,11-12H,6-8H2,1H3,(H,24,31)(H,29,30)(H,33,34)(H4,21,22,25,26,27,32);;;/q;3*+1/t11-,12?;;;/m0.../s1. The van der Waals surface area contributed by atoms with Crippen molar-refractivity contribution in [2.24, 2.45) is 9.98 Å². The Labute approximate surface area is 277 Å². The molecule has 2 atom stereocenters. The molecule has 0 spiro atoms. The predicted molar refractivity (Wildman–Crippen MR) is 117 cm³/mol. The number of carboxylic acids is 2. The summed E-state index contributed by atoms with van der Waals surface area (Å²) in [7, 11) is 1.71. The summed E-state index contributed by atoms with van der Waals surface area (Å²) in [6.45, 7) is 0.146. The molecule has 17 heteroatoms. The number of benzene rings is 1. The van der Waals surface area contributed by atoms with Crippen molar-refractivity contribution in [2.75, 3.05) is 30.0 Å². The molecule has 0 radical (unpaired) electrons. The van der Waals surface area contributed by atoms with Crippen LogP contribution in [0, 0.1) is 0 Å². The van der Waals surface area contributed by atoms with Crippen LogP contribution in [0.3, 0.4) is 0 Å². The minimum atomic E-state index is -1.33. The van der Waals surface area contributed by atoms with Crippen molar-refractivity contribution in [1.29, 1.82) is 0 Å². The summed E-state index contributed by atoms with van der Waals surface area (Å²) in [5, 5.41) is 20.4. The molecule has 0 saturated carbocycles. The Bertz CT molecular complexity index is 1280. The largest absolute Gasteiger partial charge is 1.00 e. The van der Waals surface area contributed by atoms with Gasteiger partial charge in [-0.2, -0.15) is 15.0 Å². The van der Waals surface area contributed by atoms with Gasteiger partial charge in [-0.3, -0.25) is 19.4 Å². The van der Waals surface area contributed by atoms with E-state index in [1.54, 1.807) is 24.1 Å². The number of anilines is 3. The minimum Gasteiger partial charge on any atom is -0.481 e. The van der Waals surface area contributed by atoms with Crippen molar-refractivity contribution in [2.45, 2.75) is 24.9 Å². The van der Waals surface area contributed by atoms with Crippen LogP contribution in [0.1, 0.15) is 23.2 Å². The molecule has 1 aromatic carbocycles. The van der Waals surface area contributed by atoms with Crippen molar-refractivity contribution >= 4 is 41.2 Å². The number of carbonyl (C=O) groups is 4. The van der Waals surface area contributed by atoms with E-state index in [1.807, 2.05) is 0 Å². The maximum atomic E-state index is 12.4. The second-order valence-corrected chi connectivity index (χ2v) is 7.46. The molecule has 2 amide bonds. The second kappa shape index (κ2) is 15.7. The van der Waals surface area contributed by atoms with E-state index in [-0.39, 0.29) is 130 Å². The maximum Gasteiger partial charge on any atom is 1.00 e. The first-order valence-electron chi connectivity index (χ1n) is 10.0. The third-order valence-corrected chi connectivity index (χ3v) is 4.96. The zero-order chi connectivity index (χ0) is 25.0. The average Bonchev–Trinajstić information content (AvgIpc) is 2.77. The predicted octanol–water partition coefficient (Wildman–Crippen LogP) is -11.0. The van der Waals surface area contributed by atoms with Gasteiger partial charge in [-0.05, 0) is 30.7 Å². The second-order valence-electron chi connectivity index (χ2n) is 7.46. The molecule has 1 aliphatic rings. The van der Waals surface area contributed by atoms with Crippen LogP contribution in [0.4, 0.5) is 17.5 Å². The van der Waals surface area contributed by atoms with E-state index in [9.17, 15) is 24.3 Å². The molecule has 2 aromatic rings. The number of hydrogen-bond acceptors (Lipinski definition) is 10. The monoisotopic (exact) mass is 539 g/mol. The van der Waals surface area contributed by atoms with Crippen LogP contribution < -0.4 is 121 Å². The quantitative estimate of drug-likeness (QED) is 0.188. The van der Waals surface area contributed by atoms with Gasteiger partial charge in [0.1, 0.15) is 17.4 Å². The summed E-state index contributed by atoms with van der Waals surface area (Å²) >= 11 is 0. The smallest absolute Gasteiger partial charge is 0.481 e. The zero-order valence-corrected chi connectivity index (χ0v) is 27.0. The van der Waals surface area contributed by atoms with Gasteiger partial charge in [-0.15, -0.1) is 0 Å². The summed E-state index contributed by atoms with van der Waals surface area (Å²) in [5.74, 6) is -3.76. The molecule has 1 aliphatic heterocycles. The molecule has 0 saturated heterocycles. The van der Waals surface area contributed by atoms with Crippen LogP contribution >= 0.6 is 0 Å². The Morgan fingerprint density at radius 2 is 1.70 bits per heavy atom. The van der Waals surface area contributed by atoms with E-state index < -0.39 is 42.3 Å². The number of carboxylic acid groups (broad SMARTS) is 2. The van der Waals surface area contributed by atoms with Gasteiger partial charge in [-0.25, -0.2) is 4.79 Å². The number of nitrogens with zero attached hydrogens (tertiary/aromatic N) is 5. The first-order valence-corrected chi connectivity index (χ1v) is 10.0. The van der Waals surface area contributed by atoms with E-state index in [1.165, 1.54) is 12.1 Å². The molecule has 0 fully saturated rings. The summed E-state index contributed by atoms with van der Waals surface area (Å²) < 4.78 is 0. The molecule has 1 aromatic heterocycles. The van der Waals surface area contributed by atoms with Gasteiger partial charge < -0.3 is 31.9 Å². The van der Waals surface area contributed by atoms with E-state index in [0.29, 0.717) is 5.69 Å². The van der Waals surface area contributed by atoms with Gasteiger partial charge in [0.15, 0.2) is 11.3 Å². The first kappa shape index (κ1) is 35.4. The number of aromatic nitrogens is 2. The maximum absolute atomic E-state index is 12.4. The number of aliphatic carboxylic acids is 2. The summed E-state index contributed by atoms with van der Waals surface area (Å²) in [6, 6.07) is 3.98. The van der Waals surface area contributed by atoms with Crippen LogP contribution in [0.5, 0.6) is 0 Å². The molecule has 14 nitrogen and oxygen atoms in total. The van der Waals surface area contributed by atoms with Crippen molar-refractivity contribution in [1.82, 2.24) is 15.3 Å². The van der Waals surface area contributed by atoms with Crippen molar-refractivity contribution in [3.05, 3.63) is 40.7 Å². The minimum absolute atomic E-state index is 0. The average molecular weight is 539 g/mol. The molecular formula is C20H22N8Na3O6+3. The number of nitrogens with two attached hydrogens (primary N) is 2. The molecule has 1 unspecified atom stereocenters. The number of likely N-dealkylation sites (N-methyl/N-ethyl adjacent to an activating group) is 1. The van der Waals surface area contributed by atoms with E-state index in [2.05, 4.69) is 25.3 Å². The van der Waals surface area contributed by atoms with Gasteiger partial charge >= 0.3 is 101 Å². The normalized spacial score (nSPS) is 14.1. The van der Waals surface area contributed by atoms with E-state index in [4.69, 9.17) is 16.6 Å². The van der Waals surface area contributed by atoms with Crippen LogP contribution in [-0.4, -0.2) is 69.6 Å². The molecule has 3 rings (SSSR count). The third-order valence-electron chi connectivity index (χ3n) is 4.96. The summed E-state index contributed by atoms with van der Waals surface area (Å²) in [6.07, 6.45) is -0.639. The Morgan fingerprint density at radius 3 is 2.27 bits per heavy atom. The number of nitrogens with one attached hydrogen (secondary N) is 1. The topological polar surface area (TPSA) is 227 Å². The van der Waals surface area contributed by atoms with Crippen LogP contribution in [0.15, 0.2) is 34.3 Å². The number of hydrogen-bond donors (Lipinski definition) is 5. The molecule has 37 heavy (non-hydrogen) atoms. The molecular weight excluding hydrogens is 517 g/mol. The van der Waals surface area contributed by atoms with Crippen molar-refractivity contribution < 1.29 is 118 Å². The molecule has 178 valence electrons. The van der Waals surface area contributed by atoms with Crippen LogP contribution in [-0.2, 0) is 14.4 Å². The van der Waals surface area contributed by atoms with Gasteiger partial charge in [0.2, 0.25) is 5.95 Å². The fourth-order valence-electron chi connectivity index (χ4n) is 3.19. The fourth-order valence-corrected chi connectivity index (χ4v) is 3.19. The zero-order valence-electron chi connectivity index (χ0n) is 21.0. The summed E-state index contributed by atoms with van der Waals surface area (Å²) in [5.41, 5.74) is 12.2. The first-order chi connectivity index (χ1) is 16.0. The van der Waals surface area contributed by atoms with E-state index >= 15 is 0 Å². The number of nitrogen functional groups attached to an aromatic ring is 2. The van der Waals surface area contributed by atoms with E-state index in [0.717, 1.165) is 0 Å². The number of fused-ring (bicyclic) bond motifs is 1. The van der Waals surface area contributed by atoms with Gasteiger partial charge in [0.05, 0.1) is 0 Å². The third kappa shape index (κ3) is 9.57. The molecule has 0 bridgehead atoms. The Hall–Kier alpha value is -1.62. The Morgan fingerprint density at radius 1 is 1.08 bits per heavy atom. The van der Waals surface area contributed by atoms with Crippen molar-refractivity contribution in [3.63, 3.8) is 0 Å². The molecule has 7 N–H and O–H groups in total. The number of carbonyl (C=O) groups excluding carboxylic acids is 2. The Balaban J connectivity index is 0.00000432. The van der Waals surface area contributed by atoms with Gasteiger partial charge in [0, 0.05) is 31.3 Å². The molecule has 0 aliphatic carbocycles. The summed E-state index contributed by atoms with van der Waals surface area (Å²) in [4.78, 5) is 64.3.